The Bertz CT molecular complexity index is 994. The van der Waals surface area contributed by atoms with E-state index >= 15 is 0 Å². The first-order valence-electron chi connectivity index (χ1n) is 8.87. The second-order valence-electron chi connectivity index (χ2n) is 6.44. The van der Waals surface area contributed by atoms with Crippen LogP contribution >= 0.6 is 0 Å². The SMILES string of the molecule is COC1(C#Cc2ccccc2)CCN(c2ccc(-c3nc(CO)no3)nn2)C1. The van der Waals surface area contributed by atoms with Crippen LogP contribution < -0.4 is 4.90 Å². The highest BCUT2D eigenvalue weighted by Gasteiger charge is 2.37. The molecule has 0 spiro atoms. The first-order chi connectivity index (χ1) is 13.7. The number of anilines is 1. The molecule has 0 radical (unpaired) electrons. The predicted octanol–water partition coefficient (Wildman–Crippen LogP) is 1.67. The minimum absolute atomic E-state index is 0.210. The van der Waals surface area contributed by atoms with Crippen molar-refractivity contribution in [2.24, 2.45) is 0 Å². The van der Waals surface area contributed by atoms with Gasteiger partial charge in [0, 0.05) is 25.6 Å². The fourth-order valence-electron chi connectivity index (χ4n) is 3.03. The summed E-state index contributed by atoms with van der Waals surface area (Å²) in [6.45, 7) is 1.08. The Labute approximate surface area is 162 Å². The van der Waals surface area contributed by atoms with Gasteiger partial charge in [-0.15, -0.1) is 10.2 Å². The molecule has 1 unspecified atom stereocenters. The molecule has 1 saturated heterocycles. The van der Waals surface area contributed by atoms with E-state index in [-0.39, 0.29) is 18.3 Å². The van der Waals surface area contributed by atoms with Gasteiger partial charge in [0.2, 0.25) is 0 Å². The first-order valence-corrected chi connectivity index (χ1v) is 8.87. The summed E-state index contributed by atoms with van der Waals surface area (Å²) in [4.78, 5) is 6.12. The van der Waals surface area contributed by atoms with Crippen LogP contribution in [0.2, 0.25) is 0 Å². The molecule has 142 valence electrons. The third-order valence-electron chi connectivity index (χ3n) is 4.63. The first kappa shape index (κ1) is 18.1. The molecule has 1 atom stereocenters. The topological polar surface area (TPSA) is 97.4 Å². The van der Waals surface area contributed by atoms with Gasteiger partial charge in [0.05, 0.1) is 6.54 Å². The van der Waals surface area contributed by atoms with Gasteiger partial charge in [-0.05, 0) is 24.3 Å². The van der Waals surface area contributed by atoms with Gasteiger partial charge in [0.25, 0.3) is 5.89 Å². The summed E-state index contributed by atoms with van der Waals surface area (Å²) < 4.78 is 10.8. The van der Waals surface area contributed by atoms with Gasteiger partial charge >= 0.3 is 0 Å². The lowest BCUT2D eigenvalue weighted by Crippen LogP contribution is -2.34. The summed E-state index contributed by atoms with van der Waals surface area (Å²) in [7, 11) is 1.69. The van der Waals surface area contributed by atoms with Gasteiger partial charge < -0.3 is 19.3 Å². The van der Waals surface area contributed by atoms with Crippen LogP contribution in [0.25, 0.3) is 11.6 Å². The molecular formula is C20H19N5O3. The average molecular weight is 377 g/mol. The molecule has 28 heavy (non-hydrogen) atoms. The molecule has 4 rings (SSSR count). The Hall–Kier alpha value is -3.28. The smallest absolute Gasteiger partial charge is 0.278 e. The minimum Gasteiger partial charge on any atom is -0.388 e. The number of ether oxygens (including phenoxy) is 1. The highest BCUT2D eigenvalue weighted by Crippen LogP contribution is 2.28. The lowest BCUT2D eigenvalue weighted by atomic mass is 10.0. The van der Waals surface area contributed by atoms with Gasteiger partial charge in [0.15, 0.2) is 17.3 Å². The molecule has 1 aromatic carbocycles. The van der Waals surface area contributed by atoms with Crippen molar-refractivity contribution in [1.29, 1.82) is 0 Å². The van der Waals surface area contributed by atoms with Crippen LogP contribution in [0.5, 0.6) is 0 Å². The lowest BCUT2D eigenvalue weighted by molar-refractivity contribution is 0.0602. The van der Waals surface area contributed by atoms with Crippen molar-refractivity contribution in [2.75, 3.05) is 25.1 Å². The van der Waals surface area contributed by atoms with E-state index in [1.165, 1.54) is 0 Å². The molecule has 8 nitrogen and oxygen atoms in total. The summed E-state index contributed by atoms with van der Waals surface area (Å²) in [6, 6.07) is 13.5. The van der Waals surface area contributed by atoms with E-state index in [0.717, 1.165) is 24.3 Å². The quantitative estimate of drug-likeness (QED) is 0.686. The molecule has 8 heteroatoms. The van der Waals surface area contributed by atoms with Crippen LogP contribution in [-0.4, -0.2) is 51.2 Å². The number of rotatable bonds is 4. The molecule has 1 aliphatic rings. The van der Waals surface area contributed by atoms with E-state index in [1.54, 1.807) is 13.2 Å². The van der Waals surface area contributed by atoms with Gasteiger partial charge in [-0.2, -0.15) is 4.98 Å². The summed E-state index contributed by atoms with van der Waals surface area (Å²) in [5.74, 6) is 7.66. The number of benzene rings is 1. The molecule has 0 aliphatic carbocycles. The van der Waals surface area contributed by atoms with Crippen LogP contribution in [0.3, 0.4) is 0 Å². The lowest BCUT2D eigenvalue weighted by Gasteiger charge is -2.22. The molecule has 0 amide bonds. The zero-order valence-corrected chi connectivity index (χ0v) is 15.4. The molecule has 2 aromatic heterocycles. The highest BCUT2D eigenvalue weighted by molar-refractivity contribution is 5.51. The number of aromatic nitrogens is 4. The number of aliphatic hydroxyl groups excluding tert-OH is 1. The van der Waals surface area contributed by atoms with Crippen LogP contribution in [0.1, 0.15) is 17.8 Å². The van der Waals surface area contributed by atoms with Crippen molar-refractivity contribution in [3.05, 3.63) is 53.9 Å². The number of aliphatic hydroxyl groups is 1. The Morgan fingerprint density at radius 1 is 1.21 bits per heavy atom. The van der Waals surface area contributed by atoms with E-state index in [4.69, 9.17) is 14.4 Å². The largest absolute Gasteiger partial charge is 0.388 e. The average Bonchev–Trinajstić information content (AvgIpc) is 3.41. The molecule has 1 fully saturated rings. The summed E-state index contributed by atoms with van der Waals surface area (Å²) in [6.07, 6.45) is 0.774. The van der Waals surface area contributed by atoms with Crippen LogP contribution in [0.15, 0.2) is 47.0 Å². The van der Waals surface area contributed by atoms with E-state index < -0.39 is 5.60 Å². The van der Waals surface area contributed by atoms with E-state index in [9.17, 15) is 0 Å². The molecule has 3 aromatic rings. The number of nitrogens with zero attached hydrogens (tertiary/aromatic N) is 5. The normalized spacial score (nSPS) is 18.7. The van der Waals surface area contributed by atoms with Crippen molar-refractivity contribution < 1.29 is 14.4 Å². The standard InChI is InChI=1S/C20H19N5O3/c1-27-20(10-9-15-5-3-2-4-6-15)11-12-25(14-20)18-8-7-16(22-23-18)19-21-17(13-26)24-28-19/h2-8,26H,11-14H2,1H3. The van der Waals surface area contributed by atoms with E-state index in [0.29, 0.717) is 12.2 Å². The molecule has 0 saturated carbocycles. The van der Waals surface area contributed by atoms with Gasteiger partial charge in [-0.25, -0.2) is 0 Å². The Morgan fingerprint density at radius 3 is 2.75 bits per heavy atom. The fraction of sp³-hybridized carbons (Fsp3) is 0.300. The fourth-order valence-corrected chi connectivity index (χ4v) is 3.03. The van der Waals surface area contributed by atoms with Gasteiger partial charge in [0.1, 0.15) is 12.2 Å². The molecule has 1 N–H and O–H groups in total. The molecule has 1 aliphatic heterocycles. The maximum atomic E-state index is 9.02. The Morgan fingerprint density at radius 2 is 2.07 bits per heavy atom. The Balaban J connectivity index is 1.49. The van der Waals surface area contributed by atoms with Crippen molar-refractivity contribution in [1.82, 2.24) is 20.3 Å². The summed E-state index contributed by atoms with van der Waals surface area (Å²) in [5.41, 5.74) is 0.874. The van der Waals surface area contributed by atoms with Crippen molar-refractivity contribution in [3.8, 4) is 23.4 Å². The van der Waals surface area contributed by atoms with Gasteiger partial charge in [-0.1, -0.05) is 35.2 Å². The summed E-state index contributed by atoms with van der Waals surface area (Å²) >= 11 is 0. The highest BCUT2D eigenvalue weighted by atomic mass is 16.5. The third-order valence-corrected chi connectivity index (χ3v) is 4.63. The zero-order chi connectivity index (χ0) is 19.4. The monoisotopic (exact) mass is 377 g/mol. The van der Waals surface area contributed by atoms with E-state index in [2.05, 4.69) is 37.1 Å². The number of hydrogen-bond donors (Lipinski definition) is 1. The number of hydrogen-bond acceptors (Lipinski definition) is 8. The molecule has 3 heterocycles. The van der Waals surface area contributed by atoms with Crippen LogP contribution in [0.4, 0.5) is 5.82 Å². The molecular weight excluding hydrogens is 358 g/mol. The maximum absolute atomic E-state index is 9.02. The third kappa shape index (κ3) is 3.71. The summed E-state index contributed by atoms with van der Waals surface area (Å²) in [5, 5.41) is 21.1. The predicted molar refractivity (Wildman–Crippen MR) is 101 cm³/mol. The van der Waals surface area contributed by atoms with Gasteiger partial charge in [-0.3, -0.25) is 0 Å². The van der Waals surface area contributed by atoms with Crippen molar-refractivity contribution in [3.63, 3.8) is 0 Å². The zero-order valence-electron chi connectivity index (χ0n) is 15.4. The van der Waals surface area contributed by atoms with Crippen LogP contribution in [0, 0.1) is 11.8 Å². The van der Waals surface area contributed by atoms with E-state index in [1.807, 2.05) is 36.4 Å². The van der Waals surface area contributed by atoms with Crippen LogP contribution in [-0.2, 0) is 11.3 Å². The minimum atomic E-state index is -0.543. The Kier molecular flexibility index (Phi) is 5.02. The second-order valence-corrected chi connectivity index (χ2v) is 6.44. The van der Waals surface area contributed by atoms with Crippen molar-refractivity contribution >= 4 is 5.82 Å². The maximum Gasteiger partial charge on any atom is 0.278 e. The van der Waals surface area contributed by atoms with Crippen molar-refractivity contribution in [2.45, 2.75) is 18.6 Å². The number of methoxy groups -OCH3 is 1. The second kappa shape index (κ2) is 7.76. The molecule has 0 bridgehead atoms.